The lowest BCUT2D eigenvalue weighted by atomic mass is 10.1. The Balaban J connectivity index is 1.63. The van der Waals surface area contributed by atoms with Crippen LogP contribution in [0.2, 0.25) is 0 Å². The van der Waals surface area contributed by atoms with Crippen LogP contribution in [0, 0.1) is 12.8 Å². The minimum Gasteiger partial charge on any atom is -0.497 e. The predicted molar refractivity (Wildman–Crippen MR) is 149 cm³/mol. The maximum atomic E-state index is 13.5. The van der Waals surface area contributed by atoms with Gasteiger partial charge >= 0.3 is 0 Å². The minimum absolute atomic E-state index is 0.0126. The van der Waals surface area contributed by atoms with Crippen LogP contribution in [-0.2, 0) is 14.8 Å². The number of anilines is 1. The molecule has 38 heavy (non-hydrogen) atoms. The van der Waals surface area contributed by atoms with Gasteiger partial charge in [-0.25, -0.2) is 13.1 Å². The average Bonchev–Trinajstić information content (AvgIpc) is 3.32. The molecule has 198 valence electrons. The first kappa shape index (κ1) is 27.1. The fraction of sp³-hybridized carbons (Fsp3) is 0.241. The molecule has 3 aromatic carbocycles. The maximum Gasteiger partial charge on any atom is 0.243 e. The van der Waals surface area contributed by atoms with Crippen LogP contribution in [0.4, 0.5) is 5.82 Å². The molecule has 0 spiro atoms. The number of amides is 1. The highest BCUT2D eigenvalue weighted by Crippen LogP contribution is 2.26. The Kier molecular flexibility index (Phi) is 8.29. The van der Waals surface area contributed by atoms with Crippen LogP contribution in [0.5, 0.6) is 5.75 Å². The van der Waals surface area contributed by atoms with Crippen molar-refractivity contribution in [1.82, 2.24) is 14.1 Å². The zero-order valence-electron chi connectivity index (χ0n) is 22.0. The lowest BCUT2D eigenvalue weighted by Crippen LogP contribution is -2.40. The van der Waals surface area contributed by atoms with E-state index in [-0.39, 0.29) is 23.9 Å². The summed E-state index contributed by atoms with van der Waals surface area (Å²) in [7, 11) is -2.40. The van der Waals surface area contributed by atoms with Crippen molar-refractivity contribution in [2.75, 3.05) is 25.5 Å². The molecule has 0 fully saturated rings. The Bertz CT molecular complexity index is 1480. The van der Waals surface area contributed by atoms with Crippen LogP contribution in [0.25, 0.3) is 16.9 Å². The van der Waals surface area contributed by atoms with E-state index in [0.29, 0.717) is 17.3 Å². The van der Waals surface area contributed by atoms with E-state index in [9.17, 15) is 13.2 Å². The lowest BCUT2D eigenvalue weighted by Gasteiger charge is -2.23. The van der Waals surface area contributed by atoms with Gasteiger partial charge in [-0.05, 0) is 49.2 Å². The van der Waals surface area contributed by atoms with Crippen molar-refractivity contribution in [3.8, 4) is 22.7 Å². The van der Waals surface area contributed by atoms with Gasteiger partial charge in [0.25, 0.3) is 0 Å². The normalized spacial score (nSPS) is 11.6. The van der Waals surface area contributed by atoms with Crippen molar-refractivity contribution in [3.63, 3.8) is 0 Å². The molecule has 9 heteroatoms. The smallest absolute Gasteiger partial charge is 0.243 e. The summed E-state index contributed by atoms with van der Waals surface area (Å²) in [5.41, 5.74) is 3.46. The molecule has 1 amide bonds. The molecule has 0 aliphatic rings. The molecule has 0 aliphatic heterocycles. The topological polar surface area (TPSA) is 93.5 Å². The summed E-state index contributed by atoms with van der Waals surface area (Å²) >= 11 is 0. The average molecular weight is 533 g/mol. The number of carbonyl (C=O) groups is 1. The van der Waals surface area contributed by atoms with Crippen LogP contribution >= 0.6 is 0 Å². The van der Waals surface area contributed by atoms with Gasteiger partial charge < -0.3 is 10.1 Å². The second kappa shape index (κ2) is 11.6. The van der Waals surface area contributed by atoms with Gasteiger partial charge in [0.15, 0.2) is 0 Å². The molecule has 0 unspecified atom stereocenters. The number of sulfonamides is 1. The van der Waals surface area contributed by atoms with E-state index >= 15 is 0 Å². The quantitative estimate of drug-likeness (QED) is 0.305. The molecule has 4 rings (SSSR count). The number of hydrogen-bond donors (Lipinski definition) is 1. The van der Waals surface area contributed by atoms with Crippen molar-refractivity contribution >= 4 is 21.7 Å². The van der Waals surface area contributed by atoms with Crippen LogP contribution in [0.15, 0.2) is 89.8 Å². The molecule has 0 radical (unpaired) electrons. The first-order valence-electron chi connectivity index (χ1n) is 12.3. The number of carbonyl (C=O) groups excluding carboxylic acids is 1. The Hall–Kier alpha value is -3.95. The number of hydrogen-bond acceptors (Lipinski definition) is 5. The third-order valence-electron chi connectivity index (χ3n) is 5.91. The number of methoxy groups -OCH3 is 1. The summed E-state index contributed by atoms with van der Waals surface area (Å²) in [5, 5.41) is 7.63. The number of rotatable bonds is 10. The molecule has 0 saturated carbocycles. The van der Waals surface area contributed by atoms with Crippen molar-refractivity contribution in [2.24, 2.45) is 5.92 Å². The van der Waals surface area contributed by atoms with Gasteiger partial charge in [0.05, 0.1) is 29.9 Å². The highest BCUT2D eigenvalue weighted by Gasteiger charge is 2.28. The summed E-state index contributed by atoms with van der Waals surface area (Å²) in [6, 6.07) is 25.4. The number of aromatic nitrogens is 2. The largest absolute Gasteiger partial charge is 0.497 e. The molecule has 1 heterocycles. The number of benzene rings is 3. The van der Waals surface area contributed by atoms with Gasteiger partial charge in [-0.2, -0.15) is 9.40 Å². The molecule has 1 aromatic heterocycles. The van der Waals surface area contributed by atoms with Crippen molar-refractivity contribution in [2.45, 2.75) is 25.7 Å². The third-order valence-corrected chi connectivity index (χ3v) is 7.74. The third kappa shape index (κ3) is 6.30. The first-order chi connectivity index (χ1) is 18.2. The van der Waals surface area contributed by atoms with Crippen molar-refractivity contribution in [1.29, 1.82) is 0 Å². The Labute approximate surface area is 223 Å². The number of nitrogens with zero attached hydrogens (tertiary/aromatic N) is 3. The van der Waals surface area contributed by atoms with Crippen molar-refractivity contribution in [3.05, 3.63) is 90.5 Å². The van der Waals surface area contributed by atoms with Crippen LogP contribution < -0.4 is 10.1 Å². The molecule has 0 bridgehead atoms. The number of aryl methyl sites for hydroxylation is 1. The lowest BCUT2D eigenvalue weighted by molar-refractivity contribution is -0.116. The molecule has 8 nitrogen and oxygen atoms in total. The summed E-state index contributed by atoms with van der Waals surface area (Å²) in [6.07, 6.45) is 0. The van der Waals surface area contributed by atoms with Gasteiger partial charge in [-0.3, -0.25) is 4.79 Å². The van der Waals surface area contributed by atoms with Gasteiger partial charge in [0, 0.05) is 18.2 Å². The van der Waals surface area contributed by atoms with Crippen LogP contribution in [0.1, 0.15) is 19.4 Å². The van der Waals surface area contributed by atoms with Gasteiger partial charge in [0.2, 0.25) is 15.9 Å². The van der Waals surface area contributed by atoms with Crippen LogP contribution in [0.3, 0.4) is 0 Å². The van der Waals surface area contributed by atoms with Crippen LogP contribution in [-0.4, -0.2) is 48.6 Å². The van der Waals surface area contributed by atoms with Crippen molar-refractivity contribution < 1.29 is 17.9 Å². The fourth-order valence-corrected chi connectivity index (χ4v) is 5.56. The maximum absolute atomic E-state index is 13.5. The number of nitrogens with one attached hydrogen (secondary N) is 1. The van der Waals surface area contributed by atoms with Gasteiger partial charge in [0.1, 0.15) is 11.6 Å². The fourth-order valence-electron chi connectivity index (χ4n) is 4.00. The monoisotopic (exact) mass is 532 g/mol. The molecule has 0 atom stereocenters. The van der Waals surface area contributed by atoms with Gasteiger partial charge in [-0.1, -0.05) is 61.9 Å². The highest BCUT2D eigenvalue weighted by molar-refractivity contribution is 7.89. The summed E-state index contributed by atoms with van der Waals surface area (Å²) in [4.78, 5) is 13.4. The van der Waals surface area contributed by atoms with E-state index < -0.39 is 15.9 Å². The Morgan fingerprint density at radius 2 is 1.66 bits per heavy atom. The summed E-state index contributed by atoms with van der Waals surface area (Å²) < 4.78 is 34.9. The molecule has 4 aromatic rings. The summed E-state index contributed by atoms with van der Waals surface area (Å²) in [6.45, 7) is 5.66. The van der Waals surface area contributed by atoms with E-state index in [4.69, 9.17) is 9.84 Å². The molecular weight excluding hydrogens is 500 g/mol. The van der Waals surface area contributed by atoms with E-state index in [1.807, 2.05) is 75.4 Å². The molecule has 1 N–H and O–H groups in total. The van der Waals surface area contributed by atoms with Gasteiger partial charge in [-0.15, -0.1) is 0 Å². The van der Waals surface area contributed by atoms with E-state index in [1.165, 1.54) is 23.5 Å². The molecule has 0 aliphatic carbocycles. The summed E-state index contributed by atoms with van der Waals surface area (Å²) in [5.74, 6) is 0.550. The Morgan fingerprint density at radius 1 is 1.00 bits per heavy atom. The second-order valence-corrected chi connectivity index (χ2v) is 11.4. The standard InChI is InChI=1S/C29H32N4O4S/c1-21(2)19-32(38(35,36)26-16-14-25(37-4)15-17-26)20-29(34)30-28-18-27(23-8-6-5-7-9-23)31-33(28)24-12-10-22(3)11-13-24/h5-18,21H,19-20H2,1-4H3,(H,30,34). The first-order valence-corrected chi connectivity index (χ1v) is 13.8. The van der Waals surface area contributed by atoms with E-state index in [1.54, 1.807) is 22.9 Å². The molecular formula is C29H32N4O4S. The molecule has 0 saturated heterocycles. The second-order valence-electron chi connectivity index (χ2n) is 9.44. The highest BCUT2D eigenvalue weighted by atomic mass is 32.2. The van der Waals surface area contributed by atoms with E-state index in [0.717, 1.165) is 16.8 Å². The predicted octanol–water partition coefficient (Wildman–Crippen LogP) is 5.14. The minimum atomic E-state index is -3.92. The zero-order valence-corrected chi connectivity index (χ0v) is 22.8. The number of ether oxygens (including phenoxy) is 1. The Morgan fingerprint density at radius 3 is 2.26 bits per heavy atom. The SMILES string of the molecule is COc1ccc(S(=O)(=O)N(CC(=O)Nc2cc(-c3ccccc3)nn2-c2ccc(C)cc2)CC(C)C)cc1. The zero-order chi connectivity index (χ0) is 27.3. The van der Waals surface area contributed by atoms with E-state index in [2.05, 4.69) is 5.32 Å².